The van der Waals surface area contributed by atoms with Crippen LogP contribution in [0.25, 0.3) is 0 Å². The van der Waals surface area contributed by atoms with E-state index in [0.29, 0.717) is 42.5 Å². The summed E-state index contributed by atoms with van der Waals surface area (Å²) < 4.78 is 31.6. The van der Waals surface area contributed by atoms with Crippen LogP contribution in [0.15, 0.2) is 60.4 Å². The molecule has 2 heterocycles. The Balaban J connectivity index is 0.00000462. The number of carbonyl (C=O) groups is 1. The van der Waals surface area contributed by atoms with Crippen LogP contribution in [0.5, 0.6) is 0 Å². The van der Waals surface area contributed by atoms with E-state index < -0.39 is 16.1 Å². The fourth-order valence-corrected chi connectivity index (χ4v) is 6.43. The van der Waals surface area contributed by atoms with Gasteiger partial charge in [-0.2, -0.15) is 8.42 Å². The molecule has 0 amide bonds. The fraction of sp³-hybridized carbons (Fsp3) is 0.393. The van der Waals surface area contributed by atoms with Gasteiger partial charge in [-0.1, -0.05) is 29.3 Å². The highest BCUT2D eigenvalue weighted by Crippen LogP contribution is 2.43. The molecule has 0 spiro atoms. The lowest BCUT2D eigenvalue weighted by molar-refractivity contribution is -0.846. The average molecular weight is 690 g/mol. The Morgan fingerprint density at radius 2 is 1.68 bits per heavy atom. The highest BCUT2D eigenvalue weighted by atomic mass is 79.9. The second-order valence-electron chi connectivity index (χ2n) is 9.74. The molecule has 2 aliphatic rings. The molecule has 0 radical (unpaired) electrons. The Labute approximate surface area is 262 Å². The summed E-state index contributed by atoms with van der Waals surface area (Å²) in [5, 5.41) is 10.6. The highest BCUT2D eigenvalue weighted by Gasteiger charge is 2.38. The summed E-state index contributed by atoms with van der Waals surface area (Å²) in [5.74, 6) is -0.271. The summed E-state index contributed by atoms with van der Waals surface area (Å²) in [4.78, 5) is 19.0. The van der Waals surface area contributed by atoms with Crippen molar-refractivity contribution in [3.05, 3.63) is 70.5 Å². The molecule has 0 saturated carbocycles. The number of fused-ring (bicyclic) bond motifs is 2. The maximum Gasteiger partial charge on any atom is 0.305 e. The summed E-state index contributed by atoms with van der Waals surface area (Å²) in [6.07, 6.45) is 6.98. The number of carboxylic acid groups (broad SMARTS) is 1. The van der Waals surface area contributed by atoms with E-state index in [1.54, 1.807) is 0 Å². The first-order valence-corrected chi connectivity index (χ1v) is 15.7. The number of carboxylic acids is 1. The molecule has 2 aliphatic heterocycles. The van der Waals surface area contributed by atoms with E-state index in [1.165, 1.54) is 0 Å². The number of aliphatic carboxylic acids is 1. The quantitative estimate of drug-likeness (QED) is 0.228. The molecule has 13 heteroatoms. The molecule has 224 valence electrons. The van der Waals surface area contributed by atoms with Gasteiger partial charge in [-0.05, 0) is 69.2 Å². The molecule has 2 atom stereocenters. The number of hydrogen-bond acceptors (Lipinski definition) is 6. The Morgan fingerprint density at radius 3 is 2.32 bits per heavy atom. The van der Waals surface area contributed by atoms with Crippen molar-refractivity contribution < 1.29 is 44.8 Å². The predicted molar refractivity (Wildman–Crippen MR) is 161 cm³/mol. The van der Waals surface area contributed by atoms with Gasteiger partial charge < -0.3 is 36.8 Å². The van der Waals surface area contributed by atoms with Crippen LogP contribution in [0.4, 0.5) is 22.7 Å². The molecule has 4 rings (SSSR count). The Hall–Kier alpha value is -2.28. The maximum absolute atomic E-state index is 11.4. The molecular weight excluding hydrogens is 655 g/mol. The third kappa shape index (κ3) is 7.77. The minimum absolute atomic E-state index is 0. The SMILES string of the molecule is CCN1C(=CC=CC2N(CC)c3ccc(Cl)cc3[NH+]2CCCCS(=O)(=O)O)N(CCC(=O)O)c2cc(Cl)ccc21.[Br-]. The van der Waals surface area contributed by atoms with E-state index in [2.05, 4.69) is 22.8 Å². The van der Waals surface area contributed by atoms with Crippen molar-refractivity contribution in [2.45, 2.75) is 39.3 Å². The molecule has 2 aromatic carbocycles. The molecule has 0 fully saturated rings. The highest BCUT2D eigenvalue weighted by molar-refractivity contribution is 7.85. The number of nitrogens with one attached hydrogen (secondary N) is 1. The molecule has 0 aromatic heterocycles. The number of likely N-dealkylation sites (N-methyl/N-ethyl adjacent to an activating group) is 1. The number of anilines is 3. The molecule has 2 unspecified atom stereocenters. The minimum atomic E-state index is -4.01. The number of allylic oxidation sites excluding steroid dienone is 2. The Morgan fingerprint density at radius 1 is 1.00 bits per heavy atom. The van der Waals surface area contributed by atoms with Gasteiger partial charge >= 0.3 is 5.97 Å². The van der Waals surface area contributed by atoms with Gasteiger partial charge in [0.1, 0.15) is 11.5 Å². The first-order chi connectivity index (χ1) is 19.0. The summed E-state index contributed by atoms with van der Waals surface area (Å²) in [6.45, 7) is 6.54. The van der Waals surface area contributed by atoms with Crippen LogP contribution in [0, 0.1) is 0 Å². The van der Waals surface area contributed by atoms with E-state index >= 15 is 0 Å². The number of halogens is 3. The minimum Gasteiger partial charge on any atom is -1.00 e. The van der Waals surface area contributed by atoms with Gasteiger partial charge in [0.05, 0.1) is 30.1 Å². The molecule has 3 N–H and O–H groups in total. The first-order valence-electron chi connectivity index (χ1n) is 13.4. The Bertz CT molecular complexity index is 1420. The van der Waals surface area contributed by atoms with Crippen molar-refractivity contribution in [2.75, 3.05) is 46.6 Å². The van der Waals surface area contributed by atoms with E-state index in [0.717, 1.165) is 40.0 Å². The largest absolute Gasteiger partial charge is 1.00 e. The number of hydrogen-bond donors (Lipinski definition) is 3. The van der Waals surface area contributed by atoms with Gasteiger partial charge in [-0.3, -0.25) is 14.2 Å². The van der Waals surface area contributed by atoms with E-state index in [4.69, 9.17) is 27.8 Å². The summed E-state index contributed by atoms with van der Waals surface area (Å²) in [7, 11) is -4.01. The van der Waals surface area contributed by atoms with Crippen molar-refractivity contribution in [2.24, 2.45) is 0 Å². The van der Waals surface area contributed by atoms with Crippen LogP contribution in [0.3, 0.4) is 0 Å². The molecule has 0 aliphatic carbocycles. The lowest BCUT2D eigenvalue weighted by Gasteiger charge is -2.26. The van der Waals surface area contributed by atoms with Crippen molar-refractivity contribution in [3.63, 3.8) is 0 Å². The molecule has 41 heavy (non-hydrogen) atoms. The first kappa shape index (κ1) is 33.2. The second kappa shape index (κ2) is 14.3. The van der Waals surface area contributed by atoms with E-state index in [9.17, 15) is 18.3 Å². The van der Waals surface area contributed by atoms with Gasteiger partial charge in [-0.25, -0.2) is 0 Å². The maximum atomic E-state index is 11.4. The lowest BCUT2D eigenvalue weighted by atomic mass is 10.2. The number of quaternary nitrogens is 1. The standard InChI is InChI=1S/C28H34Cl2N4O5S.BrH/c1-3-31-22-12-10-20(29)18-24(22)33(15-5-6-17-40(37,38)39)26(31)8-7-9-27-32(4-2)23-13-11-21(30)19-25(23)34(27)16-14-28(35)36;/h7-13,18-19,26H,3-6,14-17H2,1-2H3,(H,35,36)(H,37,38,39);1H. The molecule has 2 aromatic rings. The normalized spacial score (nSPS) is 19.1. The van der Waals surface area contributed by atoms with Gasteiger partial charge in [-0.15, -0.1) is 0 Å². The summed E-state index contributed by atoms with van der Waals surface area (Å²) >= 11 is 12.7. The van der Waals surface area contributed by atoms with Gasteiger partial charge in [0, 0.05) is 35.7 Å². The summed E-state index contributed by atoms with van der Waals surface area (Å²) in [5.41, 5.74) is 3.96. The van der Waals surface area contributed by atoms with Crippen LogP contribution in [0.2, 0.25) is 10.0 Å². The fourth-order valence-electron chi connectivity index (χ4n) is 5.52. The topological polar surface area (TPSA) is 106 Å². The molecular formula is C28H35BrCl2N4O5S. The lowest BCUT2D eigenvalue weighted by Crippen LogP contribution is -3.11. The molecule has 9 nitrogen and oxygen atoms in total. The van der Waals surface area contributed by atoms with Gasteiger partial charge in [0.25, 0.3) is 10.1 Å². The van der Waals surface area contributed by atoms with Crippen LogP contribution >= 0.6 is 23.2 Å². The zero-order valence-electron chi connectivity index (χ0n) is 22.9. The van der Waals surface area contributed by atoms with Crippen LogP contribution < -0.4 is 36.6 Å². The third-order valence-corrected chi connectivity index (χ3v) is 8.50. The molecule has 0 saturated heterocycles. The van der Waals surface area contributed by atoms with Crippen molar-refractivity contribution >= 4 is 62.0 Å². The third-order valence-electron chi connectivity index (χ3n) is 7.22. The zero-order chi connectivity index (χ0) is 29.0. The zero-order valence-corrected chi connectivity index (χ0v) is 26.8. The second-order valence-corrected chi connectivity index (χ2v) is 12.2. The van der Waals surface area contributed by atoms with E-state index in [1.807, 2.05) is 60.4 Å². The number of nitrogens with zero attached hydrogens (tertiary/aromatic N) is 3. The monoisotopic (exact) mass is 688 g/mol. The molecule has 0 bridgehead atoms. The summed E-state index contributed by atoms with van der Waals surface area (Å²) in [6, 6.07) is 11.5. The van der Waals surface area contributed by atoms with E-state index in [-0.39, 0.29) is 35.3 Å². The van der Waals surface area contributed by atoms with Crippen molar-refractivity contribution in [1.82, 2.24) is 0 Å². The predicted octanol–water partition coefficient (Wildman–Crippen LogP) is 1.57. The van der Waals surface area contributed by atoms with Crippen LogP contribution in [0.1, 0.15) is 33.1 Å². The average Bonchev–Trinajstić information content (AvgIpc) is 3.34. The Kier molecular flexibility index (Phi) is 11.6. The number of benzene rings is 2. The van der Waals surface area contributed by atoms with Crippen molar-refractivity contribution in [3.8, 4) is 0 Å². The van der Waals surface area contributed by atoms with Gasteiger partial charge in [0.15, 0.2) is 11.9 Å². The van der Waals surface area contributed by atoms with Crippen LogP contribution in [-0.4, -0.2) is 62.1 Å². The van der Waals surface area contributed by atoms with Crippen LogP contribution in [-0.2, 0) is 14.9 Å². The number of unbranched alkanes of at least 4 members (excludes halogenated alkanes) is 1. The number of rotatable bonds is 12. The van der Waals surface area contributed by atoms with Crippen molar-refractivity contribution in [1.29, 1.82) is 0 Å². The smallest absolute Gasteiger partial charge is 0.305 e. The van der Waals surface area contributed by atoms with Gasteiger partial charge in [0.2, 0.25) is 0 Å².